The molecule has 1 unspecified atom stereocenters. The van der Waals surface area contributed by atoms with Crippen molar-refractivity contribution in [1.29, 1.82) is 0 Å². The maximum Gasteiger partial charge on any atom is 0.310 e. The maximum absolute atomic E-state index is 11.2. The summed E-state index contributed by atoms with van der Waals surface area (Å²) in [6.07, 6.45) is 5.65. The van der Waals surface area contributed by atoms with Crippen LogP contribution in [0.2, 0.25) is 0 Å². The molecule has 0 saturated heterocycles. The average Bonchev–Trinajstić information content (AvgIpc) is 2.63. The van der Waals surface area contributed by atoms with Gasteiger partial charge in [-0.05, 0) is 59.7 Å². The van der Waals surface area contributed by atoms with Gasteiger partial charge in [0.05, 0.1) is 17.5 Å². The van der Waals surface area contributed by atoms with E-state index in [1.165, 1.54) is 30.4 Å². The third-order valence-electron chi connectivity index (χ3n) is 3.86. The van der Waals surface area contributed by atoms with Crippen LogP contribution in [0.5, 0.6) is 5.75 Å². The van der Waals surface area contributed by atoms with Gasteiger partial charge in [0, 0.05) is 5.56 Å². The number of methoxy groups -OCH3 is 1. The fraction of sp³-hybridized carbons (Fsp3) is 0.533. The summed E-state index contributed by atoms with van der Waals surface area (Å²) in [5.41, 5.74) is 3.33. The van der Waals surface area contributed by atoms with E-state index >= 15 is 0 Å². The van der Waals surface area contributed by atoms with Crippen LogP contribution in [0.3, 0.4) is 0 Å². The summed E-state index contributed by atoms with van der Waals surface area (Å²) in [7, 11) is 1.60. The van der Waals surface area contributed by atoms with Crippen molar-refractivity contribution >= 4 is 21.9 Å². The molecule has 0 saturated carbocycles. The molecule has 1 atom stereocenters. The fourth-order valence-electron chi connectivity index (χ4n) is 2.69. The number of carboxylic acid groups (broad SMARTS) is 1. The maximum atomic E-state index is 11.2. The Kier molecular flexibility index (Phi) is 4.50. The number of carbonyl (C=O) groups is 1. The normalized spacial score (nSPS) is 16.4. The van der Waals surface area contributed by atoms with Crippen LogP contribution in [0.4, 0.5) is 0 Å². The van der Waals surface area contributed by atoms with Crippen LogP contribution in [0.15, 0.2) is 10.5 Å². The zero-order chi connectivity index (χ0) is 14.0. The lowest BCUT2D eigenvalue weighted by atomic mass is 9.93. The molecule has 0 aromatic heterocycles. The highest BCUT2D eigenvalue weighted by atomic mass is 79.9. The average molecular weight is 327 g/mol. The van der Waals surface area contributed by atoms with Gasteiger partial charge in [-0.25, -0.2) is 0 Å². The Hall–Kier alpha value is -1.03. The van der Waals surface area contributed by atoms with Gasteiger partial charge in [0.1, 0.15) is 5.75 Å². The van der Waals surface area contributed by atoms with E-state index in [1.807, 2.05) is 6.07 Å². The number of benzene rings is 1. The zero-order valence-electron chi connectivity index (χ0n) is 11.3. The Morgan fingerprint density at radius 1 is 1.37 bits per heavy atom. The van der Waals surface area contributed by atoms with Crippen LogP contribution in [0, 0.1) is 0 Å². The zero-order valence-corrected chi connectivity index (χ0v) is 12.9. The van der Waals surface area contributed by atoms with Gasteiger partial charge in [-0.2, -0.15) is 0 Å². The van der Waals surface area contributed by atoms with E-state index in [4.69, 9.17) is 4.74 Å². The second kappa shape index (κ2) is 5.95. The Morgan fingerprint density at radius 2 is 2.05 bits per heavy atom. The Balaban J connectivity index is 2.58. The predicted octanol–water partition coefficient (Wildman–Crippen LogP) is 3.91. The monoisotopic (exact) mass is 326 g/mol. The smallest absolute Gasteiger partial charge is 0.310 e. The summed E-state index contributed by atoms with van der Waals surface area (Å²) < 4.78 is 6.39. The van der Waals surface area contributed by atoms with Crippen LogP contribution in [0.25, 0.3) is 0 Å². The molecule has 0 fully saturated rings. The molecular weight excluding hydrogens is 308 g/mol. The second-order valence-corrected chi connectivity index (χ2v) is 5.86. The second-order valence-electron chi connectivity index (χ2n) is 5.07. The molecule has 104 valence electrons. The van der Waals surface area contributed by atoms with E-state index in [-0.39, 0.29) is 0 Å². The van der Waals surface area contributed by atoms with Crippen molar-refractivity contribution < 1.29 is 14.6 Å². The number of halogens is 1. The summed E-state index contributed by atoms with van der Waals surface area (Å²) in [5, 5.41) is 9.24. The Bertz CT molecular complexity index is 497. The number of hydrogen-bond donors (Lipinski definition) is 1. The number of aryl methyl sites for hydroxylation is 1. The summed E-state index contributed by atoms with van der Waals surface area (Å²) in [4.78, 5) is 11.2. The molecule has 0 radical (unpaired) electrons. The first-order chi connectivity index (χ1) is 9.06. The molecule has 1 aliphatic rings. The molecule has 0 bridgehead atoms. The number of ether oxygens (including phenoxy) is 1. The van der Waals surface area contributed by atoms with Gasteiger partial charge in [0.2, 0.25) is 0 Å². The third kappa shape index (κ3) is 2.78. The lowest BCUT2D eigenvalue weighted by Gasteiger charge is -2.19. The molecule has 0 spiro atoms. The summed E-state index contributed by atoms with van der Waals surface area (Å²) in [6.45, 7) is 1.70. The number of carboxylic acids is 1. The third-order valence-corrected chi connectivity index (χ3v) is 4.70. The fourth-order valence-corrected chi connectivity index (χ4v) is 3.54. The lowest BCUT2D eigenvalue weighted by Crippen LogP contribution is -2.11. The van der Waals surface area contributed by atoms with Gasteiger partial charge in [-0.3, -0.25) is 4.79 Å². The van der Waals surface area contributed by atoms with Crippen molar-refractivity contribution in [2.75, 3.05) is 7.11 Å². The molecule has 1 aromatic rings. The number of hydrogen-bond acceptors (Lipinski definition) is 2. The van der Waals surface area contributed by atoms with Crippen LogP contribution in [-0.2, 0) is 17.6 Å². The molecular formula is C15H19BrO3. The minimum absolute atomic E-state index is 0.556. The van der Waals surface area contributed by atoms with Crippen molar-refractivity contribution in [3.8, 4) is 5.75 Å². The first-order valence-electron chi connectivity index (χ1n) is 6.67. The molecule has 0 amide bonds. The van der Waals surface area contributed by atoms with Gasteiger partial charge in [0.15, 0.2) is 0 Å². The molecule has 1 aliphatic carbocycles. The molecule has 3 nitrogen and oxygen atoms in total. The summed E-state index contributed by atoms with van der Waals surface area (Å²) in [5.74, 6) is -0.700. The number of rotatable bonds is 3. The summed E-state index contributed by atoms with van der Waals surface area (Å²) >= 11 is 3.61. The molecule has 4 heteroatoms. The van der Waals surface area contributed by atoms with E-state index in [2.05, 4.69) is 15.9 Å². The van der Waals surface area contributed by atoms with Crippen molar-refractivity contribution in [3.05, 3.63) is 27.2 Å². The van der Waals surface area contributed by atoms with Crippen LogP contribution >= 0.6 is 15.9 Å². The quantitative estimate of drug-likeness (QED) is 0.856. The van der Waals surface area contributed by atoms with E-state index in [0.29, 0.717) is 5.75 Å². The molecule has 0 heterocycles. The van der Waals surface area contributed by atoms with Crippen molar-refractivity contribution in [1.82, 2.24) is 0 Å². The van der Waals surface area contributed by atoms with Crippen LogP contribution in [0.1, 0.15) is 48.8 Å². The molecule has 2 rings (SSSR count). The van der Waals surface area contributed by atoms with Gasteiger partial charge in [-0.15, -0.1) is 0 Å². The van der Waals surface area contributed by atoms with Crippen LogP contribution in [-0.4, -0.2) is 18.2 Å². The van der Waals surface area contributed by atoms with Crippen molar-refractivity contribution in [2.24, 2.45) is 0 Å². The Morgan fingerprint density at radius 3 is 2.68 bits per heavy atom. The first kappa shape index (κ1) is 14.4. The van der Waals surface area contributed by atoms with E-state index in [0.717, 1.165) is 22.9 Å². The number of fused-ring (bicyclic) bond motifs is 1. The largest absolute Gasteiger partial charge is 0.495 e. The molecule has 1 N–H and O–H groups in total. The molecule has 1 aromatic carbocycles. The minimum Gasteiger partial charge on any atom is -0.495 e. The SMILES string of the molecule is COc1c(C(C)C(=O)O)cc2c(c1Br)CCCCC2. The van der Waals surface area contributed by atoms with Crippen LogP contribution < -0.4 is 4.74 Å². The lowest BCUT2D eigenvalue weighted by molar-refractivity contribution is -0.138. The highest BCUT2D eigenvalue weighted by Crippen LogP contribution is 2.40. The van der Waals surface area contributed by atoms with Gasteiger partial charge >= 0.3 is 5.97 Å². The predicted molar refractivity (Wildman–Crippen MR) is 78.0 cm³/mol. The van der Waals surface area contributed by atoms with Gasteiger partial charge < -0.3 is 9.84 Å². The Labute approximate surface area is 122 Å². The van der Waals surface area contributed by atoms with Crippen molar-refractivity contribution in [2.45, 2.75) is 44.9 Å². The van der Waals surface area contributed by atoms with E-state index in [1.54, 1.807) is 14.0 Å². The topological polar surface area (TPSA) is 46.5 Å². The highest BCUT2D eigenvalue weighted by Gasteiger charge is 2.24. The molecule has 0 aliphatic heterocycles. The standard InChI is InChI=1S/C15H19BrO3/c1-9(15(17)18)12-8-10-6-4-3-5-7-11(10)13(16)14(12)19-2/h8-9H,3-7H2,1-2H3,(H,17,18). The number of aliphatic carboxylic acids is 1. The van der Waals surface area contributed by atoms with E-state index in [9.17, 15) is 9.90 Å². The van der Waals surface area contributed by atoms with E-state index < -0.39 is 11.9 Å². The first-order valence-corrected chi connectivity index (χ1v) is 7.46. The highest BCUT2D eigenvalue weighted by molar-refractivity contribution is 9.10. The van der Waals surface area contributed by atoms with Crippen molar-refractivity contribution in [3.63, 3.8) is 0 Å². The van der Waals surface area contributed by atoms with Gasteiger partial charge in [0.25, 0.3) is 0 Å². The molecule has 19 heavy (non-hydrogen) atoms. The van der Waals surface area contributed by atoms with Gasteiger partial charge in [-0.1, -0.05) is 12.5 Å². The minimum atomic E-state index is -0.821. The summed E-state index contributed by atoms with van der Waals surface area (Å²) in [6, 6.07) is 2.03.